The van der Waals surface area contributed by atoms with E-state index in [1.807, 2.05) is 0 Å². The second-order valence-corrected chi connectivity index (χ2v) is 8.80. The normalized spacial score (nSPS) is 35.6. The number of fused-ring (bicyclic) bond motifs is 2. The summed E-state index contributed by atoms with van der Waals surface area (Å²) in [4.78, 5) is 0. The van der Waals surface area contributed by atoms with Crippen molar-refractivity contribution in [3.8, 4) is 0 Å². The van der Waals surface area contributed by atoms with E-state index in [-0.39, 0.29) is 0 Å². The van der Waals surface area contributed by atoms with Crippen molar-refractivity contribution in [2.75, 3.05) is 13.2 Å². The molecule has 2 nitrogen and oxygen atoms in total. The summed E-state index contributed by atoms with van der Waals surface area (Å²) in [5.74, 6) is 1.69. The third kappa shape index (κ3) is 3.47. The summed E-state index contributed by atoms with van der Waals surface area (Å²) in [5, 5.41) is 3.61. The molecule has 0 aromatic carbocycles. The zero-order valence-corrected chi connectivity index (χ0v) is 15.2. The van der Waals surface area contributed by atoms with Gasteiger partial charge in [0, 0.05) is 12.6 Å². The van der Waals surface area contributed by atoms with Gasteiger partial charge in [-0.1, -0.05) is 34.6 Å². The van der Waals surface area contributed by atoms with Crippen LogP contribution in [0.1, 0.15) is 73.6 Å². The van der Waals surface area contributed by atoms with E-state index in [4.69, 9.17) is 4.74 Å². The molecular weight excluding hydrogens is 258 g/mol. The fraction of sp³-hybridized carbons (Fsp3) is 1.00. The van der Waals surface area contributed by atoms with Gasteiger partial charge in [0.25, 0.3) is 0 Å². The smallest absolute Gasteiger partial charge is 0.0637 e. The van der Waals surface area contributed by atoms with E-state index in [0.29, 0.717) is 23.0 Å². The van der Waals surface area contributed by atoms with Crippen LogP contribution in [-0.4, -0.2) is 25.3 Å². The molecule has 4 atom stereocenters. The van der Waals surface area contributed by atoms with Crippen molar-refractivity contribution in [3.63, 3.8) is 0 Å². The molecule has 2 rings (SSSR count). The van der Waals surface area contributed by atoms with E-state index < -0.39 is 0 Å². The molecule has 1 N–H and O–H groups in total. The summed E-state index contributed by atoms with van der Waals surface area (Å²) in [6.45, 7) is 16.1. The van der Waals surface area contributed by atoms with E-state index in [1.54, 1.807) is 0 Å². The lowest BCUT2D eigenvalue weighted by Gasteiger charge is -2.39. The SMILES string of the molecule is CC(C)CCC(C)NCCOC1CC2CCC1(C)C2(C)C. The lowest BCUT2D eigenvalue weighted by molar-refractivity contribution is -0.0453. The summed E-state index contributed by atoms with van der Waals surface area (Å²) in [7, 11) is 0. The van der Waals surface area contributed by atoms with Crippen LogP contribution in [0, 0.1) is 22.7 Å². The van der Waals surface area contributed by atoms with Gasteiger partial charge >= 0.3 is 0 Å². The molecule has 2 aliphatic carbocycles. The lowest BCUT2D eigenvalue weighted by atomic mass is 9.70. The predicted octanol–water partition coefficient (Wildman–Crippen LogP) is 4.63. The highest BCUT2D eigenvalue weighted by atomic mass is 16.5. The Balaban J connectivity index is 1.66. The molecule has 0 saturated heterocycles. The van der Waals surface area contributed by atoms with E-state index >= 15 is 0 Å². The minimum Gasteiger partial charge on any atom is -0.376 e. The zero-order chi connectivity index (χ0) is 15.7. The molecule has 2 aliphatic rings. The first-order valence-electron chi connectivity index (χ1n) is 9.12. The molecule has 21 heavy (non-hydrogen) atoms. The van der Waals surface area contributed by atoms with Crippen LogP contribution in [0.3, 0.4) is 0 Å². The molecule has 0 aromatic heterocycles. The molecule has 4 unspecified atom stereocenters. The number of hydrogen-bond donors (Lipinski definition) is 1. The van der Waals surface area contributed by atoms with Gasteiger partial charge in [0.05, 0.1) is 12.7 Å². The van der Waals surface area contributed by atoms with E-state index in [2.05, 4.69) is 46.9 Å². The molecule has 2 bridgehead atoms. The Labute approximate surface area is 132 Å². The molecule has 2 saturated carbocycles. The molecule has 0 aromatic rings. The first-order valence-corrected chi connectivity index (χ1v) is 9.12. The summed E-state index contributed by atoms with van der Waals surface area (Å²) in [6.07, 6.45) is 7.12. The van der Waals surface area contributed by atoms with Crippen LogP contribution in [0.15, 0.2) is 0 Å². The van der Waals surface area contributed by atoms with Gasteiger partial charge in [-0.15, -0.1) is 0 Å². The Morgan fingerprint density at radius 1 is 1.14 bits per heavy atom. The van der Waals surface area contributed by atoms with Crippen LogP contribution in [0.5, 0.6) is 0 Å². The minimum atomic E-state index is 0.404. The Hall–Kier alpha value is -0.0800. The molecule has 0 radical (unpaired) electrons. The van der Waals surface area contributed by atoms with Gasteiger partial charge in [-0.25, -0.2) is 0 Å². The van der Waals surface area contributed by atoms with Crippen molar-refractivity contribution in [2.24, 2.45) is 22.7 Å². The number of ether oxygens (including phenoxy) is 1. The monoisotopic (exact) mass is 295 g/mol. The maximum Gasteiger partial charge on any atom is 0.0637 e. The van der Waals surface area contributed by atoms with Crippen LogP contribution in [0.2, 0.25) is 0 Å². The highest BCUT2D eigenvalue weighted by molar-refractivity contribution is 5.11. The third-order valence-corrected chi connectivity index (χ3v) is 6.80. The Kier molecular flexibility index (Phi) is 5.41. The molecule has 0 heterocycles. The largest absolute Gasteiger partial charge is 0.376 e. The quantitative estimate of drug-likeness (QED) is 0.659. The first kappa shape index (κ1) is 17.3. The summed E-state index contributed by atoms with van der Waals surface area (Å²) >= 11 is 0. The predicted molar refractivity (Wildman–Crippen MR) is 90.5 cm³/mol. The van der Waals surface area contributed by atoms with E-state index in [0.717, 1.165) is 25.0 Å². The fourth-order valence-corrected chi connectivity index (χ4v) is 4.57. The molecule has 124 valence electrons. The highest BCUT2D eigenvalue weighted by Crippen LogP contribution is 2.66. The van der Waals surface area contributed by atoms with Crippen molar-refractivity contribution < 1.29 is 4.74 Å². The second kappa shape index (κ2) is 6.58. The van der Waals surface area contributed by atoms with Gasteiger partial charge in [-0.2, -0.15) is 0 Å². The van der Waals surface area contributed by atoms with Gasteiger partial charge < -0.3 is 10.1 Å². The topological polar surface area (TPSA) is 21.3 Å². The van der Waals surface area contributed by atoms with E-state index in [9.17, 15) is 0 Å². The average Bonchev–Trinajstić information content (AvgIpc) is 2.74. The van der Waals surface area contributed by atoms with Gasteiger partial charge in [0.2, 0.25) is 0 Å². The average molecular weight is 296 g/mol. The van der Waals surface area contributed by atoms with Crippen molar-refractivity contribution in [2.45, 2.75) is 85.8 Å². The third-order valence-electron chi connectivity index (χ3n) is 6.80. The Bertz CT molecular complexity index is 338. The Morgan fingerprint density at radius 2 is 1.86 bits per heavy atom. The van der Waals surface area contributed by atoms with Crippen LogP contribution in [0.25, 0.3) is 0 Å². The van der Waals surface area contributed by atoms with Crippen molar-refractivity contribution in [1.29, 1.82) is 0 Å². The van der Waals surface area contributed by atoms with Gasteiger partial charge in [-0.3, -0.25) is 0 Å². The molecule has 0 spiro atoms. The molecule has 0 amide bonds. The molecule has 2 fully saturated rings. The molecular formula is C19H37NO. The summed E-state index contributed by atoms with van der Waals surface area (Å²) in [5.41, 5.74) is 0.872. The molecule has 2 heteroatoms. The number of nitrogens with one attached hydrogen (secondary N) is 1. The second-order valence-electron chi connectivity index (χ2n) is 8.80. The first-order chi connectivity index (χ1) is 9.77. The maximum atomic E-state index is 6.29. The summed E-state index contributed by atoms with van der Waals surface area (Å²) < 4.78 is 6.29. The Morgan fingerprint density at radius 3 is 2.38 bits per heavy atom. The van der Waals surface area contributed by atoms with Crippen LogP contribution in [-0.2, 0) is 4.74 Å². The van der Waals surface area contributed by atoms with Gasteiger partial charge in [0.15, 0.2) is 0 Å². The van der Waals surface area contributed by atoms with Gasteiger partial charge in [-0.05, 0) is 61.7 Å². The number of hydrogen-bond acceptors (Lipinski definition) is 2. The van der Waals surface area contributed by atoms with Crippen LogP contribution in [0.4, 0.5) is 0 Å². The van der Waals surface area contributed by atoms with Crippen LogP contribution >= 0.6 is 0 Å². The van der Waals surface area contributed by atoms with Gasteiger partial charge in [0.1, 0.15) is 0 Å². The fourth-order valence-electron chi connectivity index (χ4n) is 4.57. The number of rotatable bonds is 8. The maximum absolute atomic E-state index is 6.29. The minimum absolute atomic E-state index is 0.404. The zero-order valence-electron chi connectivity index (χ0n) is 15.2. The highest BCUT2D eigenvalue weighted by Gasteiger charge is 2.61. The standard InChI is InChI=1S/C19H37NO/c1-14(2)7-8-15(3)20-11-12-21-17-13-16-9-10-19(17,6)18(16,4)5/h14-17,20H,7-13H2,1-6H3. The summed E-state index contributed by atoms with van der Waals surface area (Å²) in [6, 6.07) is 0.614. The van der Waals surface area contributed by atoms with Crippen molar-refractivity contribution in [1.82, 2.24) is 5.32 Å². The van der Waals surface area contributed by atoms with Crippen molar-refractivity contribution >= 4 is 0 Å². The lowest BCUT2D eigenvalue weighted by Crippen LogP contribution is -2.39. The van der Waals surface area contributed by atoms with Crippen LogP contribution < -0.4 is 5.32 Å². The van der Waals surface area contributed by atoms with Crippen molar-refractivity contribution in [3.05, 3.63) is 0 Å². The van der Waals surface area contributed by atoms with E-state index in [1.165, 1.54) is 32.1 Å². The molecule has 0 aliphatic heterocycles.